The fraction of sp³-hybridized carbons (Fsp3) is 0.154. The third-order valence-corrected chi connectivity index (χ3v) is 5.59. The summed E-state index contributed by atoms with van der Waals surface area (Å²) in [6.45, 7) is 3.62. The summed E-state index contributed by atoms with van der Waals surface area (Å²) in [6.07, 6.45) is -0.209. The van der Waals surface area contributed by atoms with Gasteiger partial charge in [0.25, 0.3) is 0 Å². The highest BCUT2D eigenvalue weighted by Crippen LogP contribution is 2.32. The molecule has 4 aromatic rings. The molecule has 1 atom stereocenters. The van der Waals surface area contributed by atoms with Gasteiger partial charge in [0.1, 0.15) is 23.0 Å². The van der Waals surface area contributed by atoms with Crippen LogP contribution < -0.4 is 0 Å². The number of H-pyrrole nitrogens is 1. The Bertz CT molecular complexity index is 1310. The van der Waals surface area contributed by atoms with Crippen LogP contribution in [-0.2, 0) is 0 Å². The number of benzene rings is 3. The number of Topliss-reactive ketones (excluding diaryl/α,β-unsaturated/α-hetero) is 1. The van der Waals surface area contributed by atoms with Crippen LogP contribution in [0.5, 0.6) is 0 Å². The Kier molecular flexibility index (Phi) is 5.88. The van der Waals surface area contributed by atoms with Gasteiger partial charge in [-0.1, -0.05) is 49.4 Å². The normalized spacial score (nSPS) is 13.1. The summed E-state index contributed by atoms with van der Waals surface area (Å²) in [5.41, 5.74) is 2.64. The SMILES string of the molecule is CC[C@H](O)c1cccc(C(O)=C(C(=O)c2ccccc2F)c2nc3ccccc3[nH]2)c1C. The number of aromatic amines is 1. The number of nitrogens with one attached hydrogen (secondary N) is 1. The van der Waals surface area contributed by atoms with Crippen molar-refractivity contribution in [1.82, 2.24) is 9.97 Å². The first-order chi connectivity index (χ1) is 15.4. The van der Waals surface area contributed by atoms with E-state index in [4.69, 9.17) is 0 Å². The molecule has 4 rings (SSSR count). The summed E-state index contributed by atoms with van der Waals surface area (Å²) < 4.78 is 14.5. The Morgan fingerprint density at radius 1 is 1.03 bits per heavy atom. The Labute approximate surface area is 184 Å². The highest BCUT2D eigenvalue weighted by Gasteiger charge is 2.26. The van der Waals surface area contributed by atoms with E-state index in [9.17, 15) is 19.4 Å². The molecule has 5 nitrogen and oxygen atoms in total. The molecule has 0 radical (unpaired) electrons. The summed E-state index contributed by atoms with van der Waals surface area (Å²) in [5, 5.41) is 21.7. The smallest absolute Gasteiger partial charge is 0.203 e. The molecule has 0 fully saturated rings. The minimum atomic E-state index is -0.709. The molecule has 1 heterocycles. The van der Waals surface area contributed by atoms with E-state index >= 15 is 0 Å². The van der Waals surface area contributed by atoms with E-state index in [1.165, 1.54) is 18.2 Å². The van der Waals surface area contributed by atoms with Gasteiger partial charge < -0.3 is 15.2 Å². The number of allylic oxidation sites excluding steroid dienone is 1. The Balaban J connectivity index is 1.98. The van der Waals surface area contributed by atoms with Gasteiger partial charge in [0.15, 0.2) is 0 Å². The second kappa shape index (κ2) is 8.77. The molecule has 0 spiro atoms. The number of halogens is 1. The van der Waals surface area contributed by atoms with E-state index in [-0.39, 0.29) is 22.7 Å². The molecule has 1 aromatic heterocycles. The molecule has 0 saturated heterocycles. The molecule has 162 valence electrons. The number of carbonyl (C=O) groups is 1. The van der Waals surface area contributed by atoms with Crippen LogP contribution in [0.25, 0.3) is 22.4 Å². The van der Waals surface area contributed by atoms with E-state index in [1.807, 2.05) is 19.1 Å². The lowest BCUT2D eigenvalue weighted by Gasteiger charge is -2.16. The average molecular weight is 430 g/mol. The molecule has 3 N–H and O–H groups in total. The van der Waals surface area contributed by atoms with Crippen molar-refractivity contribution in [2.75, 3.05) is 0 Å². The number of imidazole rings is 1. The number of fused-ring (bicyclic) bond motifs is 1. The molecule has 0 unspecified atom stereocenters. The van der Waals surface area contributed by atoms with Gasteiger partial charge in [-0.2, -0.15) is 0 Å². The van der Waals surface area contributed by atoms with Gasteiger partial charge in [0.2, 0.25) is 5.78 Å². The molecule has 0 aliphatic carbocycles. The van der Waals surface area contributed by atoms with E-state index in [1.54, 1.807) is 43.3 Å². The molecule has 0 amide bonds. The third kappa shape index (κ3) is 3.81. The fourth-order valence-corrected chi connectivity index (χ4v) is 3.80. The van der Waals surface area contributed by atoms with Gasteiger partial charge in [0.05, 0.1) is 22.7 Å². The number of aliphatic hydroxyl groups is 2. The van der Waals surface area contributed by atoms with E-state index in [0.29, 0.717) is 34.1 Å². The quantitative estimate of drug-likeness (QED) is 0.206. The number of para-hydroxylation sites is 2. The van der Waals surface area contributed by atoms with Gasteiger partial charge in [-0.15, -0.1) is 0 Å². The fourth-order valence-electron chi connectivity index (χ4n) is 3.80. The zero-order valence-electron chi connectivity index (χ0n) is 17.8. The summed E-state index contributed by atoms with van der Waals surface area (Å²) in [7, 11) is 0. The molecule has 0 aliphatic rings. The standard InChI is InChI=1S/C26H23FN2O3/c1-3-22(30)16-10-8-11-17(15(16)2)24(31)23(25(32)18-9-4-5-12-19(18)27)26-28-20-13-6-7-14-21(20)29-26/h4-14,22,30-31H,3H2,1-2H3,(H,28,29)/t22-/m0/s1. The first kappa shape index (κ1) is 21.5. The number of nitrogens with zero attached hydrogens (tertiary/aromatic N) is 1. The van der Waals surface area contributed by atoms with Crippen molar-refractivity contribution in [1.29, 1.82) is 0 Å². The zero-order chi connectivity index (χ0) is 22.8. The molecule has 0 saturated carbocycles. The predicted octanol–water partition coefficient (Wildman–Crippen LogP) is 5.76. The first-order valence-electron chi connectivity index (χ1n) is 10.4. The first-order valence-corrected chi connectivity index (χ1v) is 10.4. The maximum Gasteiger partial charge on any atom is 0.203 e. The number of aliphatic hydroxyl groups excluding tert-OH is 2. The summed E-state index contributed by atoms with van der Waals surface area (Å²) in [6, 6.07) is 18.0. The maximum atomic E-state index is 14.5. The molecule has 3 aromatic carbocycles. The molecular formula is C26H23FN2O3. The maximum absolute atomic E-state index is 14.5. The Hall–Kier alpha value is -3.77. The lowest BCUT2D eigenvalue weighted by atomic mass is 9.92. The number of hydrogen-bond acceptors (Lipinski definition) is 4. The molecule has 6 heteroatoms. The van der Waals surface area contributed by atoms with Crippen LogP contribution in [-0.4, -0.2) is 26.0 Å². The lowest BCUT2D eigenvalue weighted by molar-refractivity contribution is 0.105. The Morgan fingerprint density at radius 2 is 1.72 bits per heavy atom. The van der Waals surface area contributed by atoms with Gasteiger partial charge >= 0.3 is 0 Å². The van der Waals surface area contributed by atoms with Crippen molar-refractivity contribution >= 4 is 28.1 Å². The van der Waals surface area contributed by atoms with E-state index in [2.05, 4.69) is 9.97 Å². The van der Waals surface area contributed by atoms with Crippen molar-refractivity contribution in [2.45, 2.75) is 26.4 Å². The minimum absolute atomic E-state index is 0.137. The number of carbonyl (C=O) groups excluding carboxylic acids is 1. The monoisotopic (exact) mass is 430 g/mol. The van der Waals surface area contributed by atoms with Crippen molar-refractivity contribution in [3.05, 3.63) is 101 Å². The molecule has 0 aliphatic heterocycles. The largest absolute Gasteiger partial charge is 0.506 e. The van der Waals surface area contributed by atoms with Crippen molar-refractivity contribution in [2.24, 2.45) is 0 Å². The highest BCUT2D eigenvalue weighted by molar-refractivity contribution is 6.33. The topological polar surface area (TPSA) is 86.2 Å². The summed E-state index contributed by atoms with van der Waals surface area (Å²) in [4.78, 5) is 21.0. The van der Waals surface area contributed by atoms with E-state index < -0.39 is 17.7 Å². The number of rotatable bonds is 6. The predicted molar refractivity (Wildman–Crippen MR) is 123 cm³/mol. The van der Waals surface area contributed by atoms with Crippen LogP contribution in [0.2, 0.25) is 0 Å². The minimum Gasteiger partial charge on any atom is -0.506 e. The van der Waals surface area contributed by atoms with Crippen molar-refractivity contribution < 1.29 is 19.4 Å². The van der Waals surface area contributed by atoms with Crippen LogP contribution in [0.15, 0.2) is 66.7 Å². The van der Waals surface area contributed by atoms with Crippen molar-refractivity contribution in [3.8, 4) is 0 Å². The number of hydrogen-bond donors (Lipinski definition) is 3. The van der Waals surface area contributed by atoms with Crippen LogP contribution >= 0.6 is 0 Å². The van der Waals surface area contributed by atoms with Crippen LogP contribution in [0.1, 0.15) is 52.3 Å². The molecule has 0 bridgehead atoms. The summed E-state index contributed by atoms with van der Waals surface area (Å²) >= 11 is 0. The van der Waals surface area contributed by atoms with Crippen LogP contribution in [0.4, 0.5) is 4.39 Å². The van der Waals surface area contributed by atoms with Crippen molar-refractivity contribution in [3.63, 3.8) is 0 Å². The van der Waals surface area contributed by atoms with Gasteiger partial charge in [0, 0.05) is 5.56 Å². The lowest BCUT2D eigenvalue weighted by Crippen LogP contribution is -2.10. The third-order valence-electron chi connectivity index (χ3n) is 5.59. The molecular weight excluding hydrogens is 407 g/mol. The van der Waals surface area contributed by atoms with E-state index in [0.717, 1.165) is 0 Å². The highest BCUT2D eigenvalue weighted by atomic mass is 19.1. The van der Waals surface area contributed by atoms with Gasteiger partial charge in [-0.3, -0.25) is 4.79 Å². The summed E-state index contributed by atoms with van der Waals surface area (Å²) in [5.74, 6) is -1.58. The Morgan fingerprint density at radius 3 is 2.44 bits per heavy atom. The second-order valence-electron chi connectivity index (χ2n) is 7.58. The number of aromatic nitrogens is 2. The zero-order valence-corrected chi connectivity index (χ0v) is 17.8. The number of ketones is 1. The van der Waals surface area contributed by atoms with Gasteiger partial charge in [-0.05, 0) is 48.7 Å². The molecule has 32 heavy (non-hydrogen) atoms. The average Bonchev–Trinajstić information content (AvgIpc) is 3.22. The second-order valence-corrected chi connectivity index (χ2v) is 7.58. The van der Waals surface area contributed by atoms with Gasteiger partial charge in [-0.25, -0.2) is 9.37 Å². The van der Waals surface area contributed by atoms with Crippen LogP contribution in [0.3, 0.4) is 0 Å². The van der Waals surface area contributed by atoms with Crippen LogP contribution in [0, 0.1) is 12.7 Å².